The van der Waals surface area contributed by atoms with Crippen molar-refractivity contribution in [2.45, 2.75) is 0 Å². The maximum absolute atomic E-state index is 13.1. The van der Waals surface area contributed by atoms with E-state index < -0.39 is 42.3 Å². The van der Waals surface area contributed by atoms with E-state index in [0.717, 1.165) is 0 Å². The van der Waals surface area contributed by atoms with Gasteiger partial charge in [0.25, 0.3) is 0 Å². The summed E-state index contributed by atoms with van der Waals surface area (Å²) in [6.07, 6.45) is 0. The molecular formula is C8H6F7OP. The molecular weight excluding hydrogens is 276 g/mol. The van der Waals surface area contributed by atoms with Crippen LogP contribution in [0.15, 0.2) is 0 Å². The van der Waals surface area contributed by atoms with Crippen LogP contribution in [0.3, 0.4) is 0 Å². The Morgan fingerprint density at radius 2 is 1.00 bits per heavy atom. The van der Waals surface area contributed by atoms with Crippen molar-refractivity contribution < 1.29 is 34.9 Å². The Bertz CT molecular complexity index is 441. The van der Waals surface area contributed by atoms with Crippen LogP contribution in [-0.2, 0) is 0 Å². The molecule has 0 bridgehead atoms. The minimum absolute atomic E-state index is 0.240. The van der Waals surface area contributed by atoms with Crippen LogP contribution in [0.5, 0.6) is 5.75 Å². The molecule has 0 heterocycles. The Morgan fingerprint density at radius 3 is 1.29 bits per heavy atom. The molecule has 17 heavy (non-hydrogen) atoms. The third-order valence-corrected chi connectivity index (χ3v) is 2.20. The van der Waals surface area contributed by atoms with Crippen LogP contribution in [0, 0.1) is 29.1 Å². The van der Waals surface area contributed by atoms with Crippen molar-refractivity contribution in [3.05, 3.63) is 29.1 Å². The second kappa shape index (κ2) is 3.73. The van der Waals surface area contributed by atoms with E-state index >= 15 is 0 Å². The molecule has 0 aliphatic rings. The number of hydrogen-bond donors (Lipinski definition) is 0. The van der Waals surface area contributed by atoms with Gasteiger partial charge in [-0.15, -0.1) is 0 Å². The molecule has 0 radical (unpaired) electrons. The first-order valence-electron chi connectivity index (χ1n) is 4.06. The molecule has 0 aliphatic heterocycles. The summed E-state index contributed by atoms with van der Waals surface area (Å²) in [5.74, 6) is -13.9. The molecule has 0 unspecified atom stereocenters. The van der Waals surface area contributed by atoms with E-state index in [0.29, 0.717) is 0 Å². The zero-order valence-electron chi connectivity index (χ0n) is 8.50. The fraction of sp³-hybridized carbons (Fsp3) is 0.250. The van der Waals surface area contributed by atoms with Gasteiger partial charge in [0.15, 0.2) is 0 Å². The molecule has 0 aliphatic carbocycles. The normalized spacial score (nSPS) is 14.3. The number of rotatable bonds is 2. The van der Waals surface area contributed by atoms with Gasteiger partial charge in [-0.3, -0.25) is 0 Å². The topological polar surface area (TPSA) is 9.23 Å². The Hall–Kier alpha value is -1.04. The monoisotopic (exact) mass is 282 g/mol. The molecule has 0 amide bonds. The van der Waals surface area contributed by atoms with E-state index in [2.05, 4.69) is 4.52 Å². The predicted molar refractivity (Wildman–Crippen MR) is 47.8 cm³/mol. The van der Waals surface area contributed by atoms with E-state index in [-0.39, 0.29) is 13.3 Å². The van der Waals surface area contributed by atoms with Crippen molar-refractivity contribution in [2.75, 3.05) is 13.3 Å². The molecule has 1 aromatic carbocycles. The summed E-state index contributed by atoms with van der Waals surface area (Å²) in [6.45, 7) is 0.479. The van der Waals surface area contributed by atoms with Gasteiger partial charge in [-0.25, -0.2) is 0 Å². The van der Waals surface area contributed by atoms with Crippen molar-refractivity contribution in [1.29, 1.82) is 0 Å². The summed E-state index contributed by atoms with van der Waals surface area (Å²) in [6, 6.07) is 0. The second-order valence-electron chi connectivity index (χ2n) is 3.68. The summed E-state index contributed by atoms with van der Waals surface area (Å²) < 4.78 is 93.5. The maximum atomic E-state index is 13.1. The average molecular weight is 282 g/mol. The second-order valence-corrected chi connectivity index (χ2v) is 7.24. The van der Waals surface area contributed by atoms with Crippen LogP contribution in [-0.4, -0.2) is 13.3 Å². The molecule has 0 N–H and O–H groups in total. The standard InChI is InChI=1S/C8H6F7OP/c1-17(2,14,15)16-8-6(12)4(10)3(9)5(11)7(8)13/h1-2H3. The minimum atomic E-state index is -5.92. The van der Waals surface area contributed by atoms with Crippen molar-refractivity contribution in [2.24, 2.45) is 0 Å². The Morgan fingerprint density at radius 1 is 0.706 bits per heavy atom. The van der Waals surface area contributed by atoms with Crippen LogP contribution in [0.4, 0.5) is 30.3 Å². The Labute approximate surface area is 91.4 Å². The molecule has 9 heteroatoms. The van der Waals surface area contributed by atoms with E-state index in [1.807, 2.05) is 0 Å². The molecule has 98 valence electrons. The summed E-state index contributed by atoms with van der Waals surface area (Å²) >= 11 is 0. The molecule has 0 fully saturated rings. The van der Waals surface area contributed by atoms with E-state index in [9.17, 15) is 30.3 Å². The predicted octanol–water partition coefficient (Wildman–Crippen LogP) is 4.26. The molecule has 0 spiro atoms. The first-order chi connectivity index (χ1) is 7.40. The molecule has 0 atom stereocenters. The first-order valence-corrected chi connectivity index (χ1v) is 6.89. The summed E-state index contributed by atoms with van der Waals surface area (Å²) in [5, 5.41) is 0. The molecule has 1 nitrogen and oxygen atoms in total. The molecule has 0 saturated heterocycles. The molecule has 0 aromatic heterocycles. The molecule has 1 rings (SSSR count). The van der Waals surface area contributed by atoms with Gasteiger partial charge in [-0.1, -0.05) is 0 Å². The SMILES string of the molecule is CP(C)(F)(F)Oc1c(F)c(F)c(F)c(F)c1F. The summed E-state index contributed by atoms with van der Waals surface area (Å²) in [4.78, 5) is 0. The van der Waals surface area contributed by atoms with Crippen molar-refractivity contribution >= 4 is 7.45 Å². The third kappa shape index (κ3) is 3.00. The molecule has 0 saturated carbocycles. The van der Waals surface area contributed by atoms with Gasteiger partial charge in [0.2, 0.25) is 0 Å². The number of hydrogen-bond acceptors (Lipinski definition) is 1. The van der Waals surface area contributed by atoms with E-state index in [1.165, 1.54) is 0 Å². The first kappa shape index (κ1) is 14.0. The van der Waals surface area contributed by atoms with Gasteiger partial charge in [0, 0.05) is 0 Å². The van der Waals surface area contributed by atoms with Gasteiger partial charge in [0.1, 0.15) is 0 Å². The Kier molecular flexibility index (Phi) is 3.08. The van der Waals surface area contributed by atoms with Crippen molar-refractivity contribution in [1.82, 2.24) is 0 Å². The van der Waals surface area contributed by atoms with Gasteiger partial charge in [0.05, 0.1) is 0 Å². The number of benzene rings is 1. The quantitative estimate of drug-likeness (QED) is 0.341. The average Bonchev–Trinajstić information content (AvgIpc) is 2.16. The van der Waals surface area contributed by atoms with E-state index in [4.69, 9.17) is 0 Å². The van der Waals surface area contributed by atoms with Crippen LogP contribution in [0.25, 0.3) is 0 Å². The zero-order chi connectivity index (χ0) is 13.6. The fourth-order valence-corrected chi connectivity index (χ4v) is 1.58. The van der Waals surface area contributed by atoms with Gasteiger partial charge < -0.3 is 0 Å². The fourth-order valence-electron chi connectivity index (χ4n) is 0.916. The third-order valence-electron chi connectivity index (χ3n) is 1.51. The van der Waals surface area contributed by atoms with Gasteiger partial charge >= 0.3 is 90.5 Å². The van der Waals surface area contributed by atoms with Crippen LogP contribution in [0.1, 0.15) is 0 Å². The van der Waals surface area contributed by atoms with Crippen LogP contribution in [0.2, 0.25) is 0 Å². The number of halogens is 7. The van der Waals surface area contributed by atoms with Gasteiger partial charge in [-0.2, -0.15) is 0 Å². The zero-order valence-corrected chi connectivity index (χ0v) is 9.40. The van der Waals surface area contributed by atoms with Crippen molar-refractivity contribution in [3.8, 4) is 5.75 Å². The van der Waals surface area contributed by atoms with Crippen molar-refractivity contribution in [3.63, 3.8) is 0 Å². The van der Waals surface area contributed by atoms with E-state index in [1.54, 1.807) is 0 Å². The van der Waals surface area contributed by atoms with Gasteiger partial charge in [-0.05, 0) is 0 Å². The summed E-state index contributed by atoms with van der Waals surface area (Å²) in [7, 11) is -5.92. The summed E-state index contributed by atoms with van der Waals surface area (Å²) in [5.41, 5.74) is 0. The van der Waals surface area contributed by atoms with Crippen LogP contribution >= 0.6 is 7.45 Å². The van der Waals surface area contributed by atoms with Crippen LogP contribution < -0.4 is 4.52 Å². The Balaban J connectivity index is 3.46. The molecule has 1 aromatic rings.